The molecule has 0 saturated carbocycles. The first-order valence-corrected chi connectivity index (χ1v) is 7.03. The van der Waals surface area contributed by atoms with Crippen LogP contribution in [0.2, 0.25) is 5.02 Å². The summed E-state index contributed by atoms with van der Waals surface area (Å²) in [5.74, 6) is -5.95. The second-order valence-corrected chi connectivity index (χ2v) is 5.67. The van der Waals surface area contributed by atoms with Crippen molar-refractivity contribution in [2.75, 3.05) is 5.32 Å². The maximum atomic E-state index is 13.5. The average Bonchev–Trinajstić information content (AvgIpc) is 2.49. The summed E-state index contributed by atoms with van der Waals surface area (Å²) >= 11 is 8.74. The third-order valence-electron chi connectivity index (χ3n) is 2.94. The first-order chi connectivity index (χ1) is 10.2. The van der Waals surface area contributed by atoms with Crippen molar-refractivity contribution in [2.24, 2.45) is 0 Å². The summed E-state index contributed by atoms with van der Waals surface area (Å²) < 4.78 is 40.7. The molecule has 0 aliphatic carbocycles. The lowest BCUT2D eigenvalue weighted by molar-refractivity contribution is 0.102. The quantitative estimate of drug-likeness (QED) is 0.568. The summed E-state index contributed by atoms with van der Waals surface area (Å²) in [6.45, 7) is 1.14. The van der Waals surface area contributed by atoms with Crippen molar-refractivity contribution < 1.29 is 23.1 Å². The Kier molecular flexibility index (Phi) is 4.67. The lowest BCUT2D eigenvalue weighted by Gasteiger charge is -2.13. The molecule has 0 heterocycles. The predicted octanol–water partition coefficient (Wildman–Crippen LogP) is 4.79. The molecule has 0 spiro atoms. The molecule has 0 unspecified atom stereocenters. The first-order valence-electron chi connectivity index (χ1n) is 5.86. The molecule has 0 bridgehead atoms. The fourth-order valence-electron chi connectivity index (χ4n) is 1.76. The van der Waals surface area contributed by atoms with Crippen molar-refractivity contribution in [3.05, 3.63) is 56.3 Å². The van der Waals surface area contributed by atoms with Gasteiger partial charge >= 0.3 is 0 Å². The van der Waals surface area contributed by atoms with E-state index in [0.29, 0.717) is 4.47 Å². The van der Waals surface area contributed by atoms with Crippen molar-refractivity contribution in [3.8, 4) is 5.75 Å². The summed E-state index contributed by atoms with van der Waals surface area (Å²) in [5, 5.41) is 11.1. The van der Waals surface area contributed by atoms with Gasteiger partial charge in [-0.15, -0.1) is 0 Å². The lowest BCUT2D eigenvalue weighted by atomic mass is 10.1. The van der Waals surface area contributed by atoms with E-state index >= 15 is 0 Å². The molecule has 2 aromatic carbocycles. The number of rotatable bonds is 2. The minimum atomic E-state index is -1.72. The Hall–Kier alpha value is -1.73. The van der Waals surface area contributed by atoms with E-state index < -0.39 is 34.1 Å². The molecule has 2 N–H and O–H groups in total. The fourth-order valence-corrected chi connectivity index (χ4v) is 2.39. The van der Waals surface area contributed by atoms with Crippen LogP contribution in [0, 0.1) is 24.4 Å². The lowest BCUT2D eigenvalue weighted by Crippen LogP contribution is -2.15. The Balaban J connectivity index is 2.47. The summed E-state index contributed by atoms with van der Waals surface area (Å²) in [6, 6.07) is 4.07. The van der Waals surface area contributed by atoms with Crippen molar-refractivity contribution in [2.45, 2.75) is 6.92 Å². The standard InChI is InChI=1S/C14H8BrClF3NO2/c1-5-10(17)12(19)11(18)9(16)13(5)20-14(22)7-4-6(15)2-3-8(7)21/h2-4,21H,1H3,(H,20,22). The Labute approximate surface area is 136 Å². The highest BCUT2D eigenvalue weighted by Crippen LogP contribution is 2.34. The second kappa shape index (κ2) is 6.18. The van der Waals surface area contributed by atoms with Crippen molar-refractivity contribution >= 4 is 39.1 Å². The first kappa shape index (κ1) is 16.6. The summed E-state index contributed by atoms with van der Waals surface area (Å²) in [6.07, 6.45) is 0. The highest BCUT2D eigenvalue weighted by Gasteiger charge is 2.23. The monoisotopic (exact) mass is 393 g/mol. The third-order valence-corrected chi connectivity index (χ3v) is 3.79. The van der Waals surface area contributed by atoms with E-state index in [1.165, 1.54) is 18.2 Å². The molecule has 116 valence electrons. The number of aromatic hydroxyl groups is 1. The SMILES string of the molecule is Cc1c(F)c(F)c(F)c(Cl)c1NC(=O)c1cc(Br)ccc1O. The van der Waals surface area contributed by atoms with E-state index in [1.807, 2.05) is 0 Å². The topological polar surface area (TPSA) is 49.3 Å². The molecule has 22 heavy (non-hydrogen) atoms. The minimum absolute atomic E-state index is 0.144. The van der Waals surface area contributed by atoms with Crippen LogP contribution in [0.4, 0.5) is 18.9 Å². The highest BCUT2D eigenvalue weighted by molar-refractivity contribution is 9.10. The number of hydrogen-bond acceptors (Lipinski definition) is 2. The zero-order valence-corrected chi connectivity index (χ0v) is 13.3. The number of hydrogen-bond donors (Lipinski definition) is 2. The molecule has 0 radical (unpaired) electrons. The molecule has 8 heteroatoms. The van der Waals surface area contributed by atoms with Crippen LogP contribution in [0.25, 0.3) is 0 Å². The third kappa shape index (κ3) is 2.91. The van der Waals surface area contributed by atoms with Crippen LogP contribution in [0.15, 0.2) is 22.7 Å². The fraction of sp³-hybridized carbons (Fsp3) is 0.0714. The van der Waals surface area contributed by atoms with Crippen LogP contribution in [-0.2, 0) is 0 Å². The van der Waals surface area contributed by atoms with Gasteiger partial charge in [0, 0.05) is 10.0 Å². The van der Waals surface area contributed by atoms with Gasteiger partial charge in [-0.05, 0) is 25.1 Å². The van der Waals surface area contributed by atoms with Gasteiger partial charge in [0.05, 0.1) is 11.3 Å². The van der Waals surface area contributed by atoms with Crippen LogP contribution in [0.1, 0.15) is 15.9 Å². The van der Waals surface area contributed by atoms with Gasteiger partial charge in [-0.2, -0.15) is 0 Å². The molecule has 1 amide bonds. The zero-order chi connectivity index (χ0) is 16.6. The molecule has 0 fully saturated rings. The maximum absolute atomic E-state index is 13.5. The molecule has 3 nitrogen and oxygen atoms in total. The molecular weight excluding hydrogens is 387 g/mol. The van der Waals surface area contributed by atoms with Crippen LogP contribution >= 0.6 is 27.5 Å². The maximum Gasteiger partial charge on any atom is 0.259 e. The van der Waals surface area contributed by atoms with Gasteiger partial charge in [-0.1, -0.05) is 27.5 Å². The van der Waals surface area contributed by atoms with Crippen LogP contribution in [0.5, 0.6) is 5.75 Å². The number of anilines is 1. The van der Waals surface area contributed by atoms with Gasteiger partial charge in [-0.3, -0.25) is 4.79 Å². The second-order valence-electron chi connectivity index (χ2n) is 4.37. The average molecular weight is 395 g/mol. The Morgan fingerprint density at radius 2 is 1.86 bits per heavy atom. The normalized spacial score (nSPS) is 10.6. The molecule has 0 aliphatic rings. The molecule has 2 aromatic rings. The Bertz CT molecular complexity index is 754. The number of carbonyl (C=O) groups is 1. The Morgan fingerprint density at radius 1 is 1.23 bits per heavy atom. The number of benzene rings is 2. The number of phenols is 1. The van der Waals surface area contributed by atoms with Crippen molar-refractivity contribution in [3.63, 3.8) is 0 Å². The van der Waals surface area contributed by atoms with Gasteiger partial charge in [0.25, 0.3) is 5.91 Å². The smallest absolute Gasteiger partial charge is 0.259 e. The van der Waals surface area contributed by atoms with Gasteiger partial charge < -0.3 is 10.4 Å². The summed E-state index contributed by atoms with van der Waals surface area (Å²) in [7, 11) is 0. The number of carbonyl (C=O) groups excluding carboxylic acids is 1. The van der Waals surface area contributed by atoms with Crippen molar-refractivity contribution in [1.29, 1.82) is 0 Å². The number of halogens is 5. The van der Waals surface area contributed by atoms with E-state index in [-0.39, 0.29) is 16.9 Å². The van der Waals surface area contributed by atoms with E-state index in [2.05, 4.69) is 21.2 Å². The largest absolute Gasteiger partial charge is 0.507 e. The molecule has 0 aliphatic heterocycles. The molecule has 2 rings (SSSR count). The van der Waals surface area contributed by atoms with Crippen LogP contribution in [-0.4, -0.2) is 11.0 Å². The molecule has 0 aromatic heterocycles. The number of amides is 1. The van der Waals surface area contributed by atoms with Gasteiger partial charge in [0.1, 0.15) is 10.8 Å². The van der Waals surface area contributed by atoms with Gasteiger partial charge in [-0.25, -0.2) is 13.2 Å². The summed E-state index contributed by atoms with van der Waals surface area (Å²) in [5.41, 5.74) is -0.899. The van der Waals surface area contributed by atoms with Crippen LogP contribution in [0.3, 0.4) is 0 Å². The predicted molar refractivity (Wildman–Crippen MR) is 79.8 cm³/mol. The molecular formula is C14H8BrClF3NO2. The van der Waals surface area contributed by atoms with Gasteiger partial charge in [0.15, 0.2) is 17.5 Å². The number of phenolic OH excluding ortho intramolecular Hbond substituents is 1. The van der Waals surface area contributed by atoms with E-state index in [4.69, 9.17) is 11.6 Å². The van der Waals surface area contributed by atoms with Crippen LogP contribution < -0.4 is 5.32 Å². The minimum Gasteiger partial charge on any atom is -0.507 e. The molecule has 0 atom stereocenters. The molecule has 0 saturated heterocycles. The van der Waals surface area contributed by atoms with Crippen molar-refractivity contribution in [1.82, 2.24) is 0 Å². The Morgan fingerprint density at radius 3 is 2.50 bits per heavy atom. The van der Waals surface area contributed by atoms with E-state index in [1.54, 1.807) is 0 Å². The zero-order valence-electron chi connectivity index (χ0n) is 11.0. The summed E-state index contributed by atoms with van der Waals surface area (Å²) in [4.78, 5) is 12.1. The van der Waals surface area contributed by atoms with Gasteiger partial charge in [0.2, 0.25) is 0 Å². The van der Waals surface area contributed by atoms with E-state index in [0.717, 1.165) is 6.92 Å². The van der Waals surface area contributed by atoms with E-state index in [9.17, 15) is 23.1 Å². The number of nitrogens with one attached hydrogen (secondary N) is 1. The highest BCUT2D eigenvalue weighted by atomic mass is 79.9.